The summed E-state index contributed by atoms with van der Waals surface area (Å²) in [5.41, 5.74) is 0. The lowest BCUT2D eigenvalue weighted by Gasteiger charge is -2.32. The Bertz CT molecular complexity index is 451. The highest BCUT2D eigenvalue weighted by Crippen LogP contribution is 2.17. The number of carbonyl (C=O) groups excluding carboxylic acids is 1. The number of rotatable bonds is 5. The lowest BCUT2D eigenvalue weighted by atomic mass is 9.95. The average molecular weight is 355 g/mol. The third-order valence-corrected chi connectivity index (χ3v) is 4.30. The molecule has 3 N–H and O–H groups in total. The Balaban J connectivity index is 0.000000333. The van der Waals surface area contributed by atoms with E-state index in [2.05, 4.69) is 22.2 Å². The lowest BCUT2D eigenvalue weighted by Crippen LogP contribution is -2.49. The normalized spacial score (nSPS) is 19.9. The zero-order chi connectivity index (χ0) is 18.7. The molecule has 1 heterocycles. The van der Waals surface area contributed by atoms with Crippen molar-refractivity contribution >= 4 is 17.8 Å². The Kier molecular flexibility index (Phi) is 9.79. The number of nitrogens with zero attached hydrogens (tertiary/aromatic N) is 2. The summed E-state index contributed by atoms with van der Waals surface area (Å²) in [6.45, 7) is 4.79. The highest BCUT2D eigenvalue weighted by Gasteiger charge is 2.19. The lowest BCUT2D eigenvalue weighted by molar-refractivity contribution is -0.134. The minimum atomic E-state index is -1.26. The van der Waals surface area contributed by atoms with Gasteiger partial charge in [-0.1, -0.05) is 19.3 Å². The number of carboxylic acid groups (broad SMARTS) is 2. The van der Waals surface area contributed by atoms with Crippen molar-refractivity contribution in [2.45, 2.75) is 38.1 Å². The fourth-order valence-electron chi connectivity index (χ4n) is 2.87. The number of nitrogens with one attached hydrogen (secondary N) is 1. The first-order valence-electron chi connectivity index (χ1n) is 8.71. The second-order valence-electron chi connectivity index (χ2n) is 6.49. The van der Waals surface area contributed by atoms with Gasteiger partial charge in [-0.2, -0.15) is 0 Å². The van der Waals surface area contributed by atoms with E-state index in [1.165, 1.54) is 32.1 Å². The molecule has 25 heavy (non-hydrogen) atoms. The average Bonchev–Trinajstić information content (AvgIpc) is 2.56. The van der Waals surface area contributed by atoms with Crippen LogP contribution in [0.4, 0.5) is 0 Å². The number of hydrogen-bond donors (Lipinski definition) is 3. The van der Waals surface area contributed by atoms with Crippen molar-refractivity contribution in [2.75, 3.05) is 39.8 Å². The molecule has 1 saturated heterocycles. The van der Waals surface area contributed by atoms with Gasteiger partial charge in [-0.3, -0.25) is 9.69 Å². The molecule has 1 saturated carbocycles. The largest absolute Gasteiger partial charge is 0.478 e. The van der Waals surface area contributed by atoms with Crippen LogP contribution < -0.4 is 5.32 Å². The molecule has 8 heteroatoms. The van der Waals surface area contributed by atoms with E-state index in [-0.39, 0.29) is 5.91 Å². The van der Waals surface area contributed by atoms with Crippen molar-refractivity contribution in [1.29, 1.82) is 0 Å². The summed E-state index contributed by atoms with van der Waals surface area (Å²) >= 11 is 0. The Morgan fingerprint density at radius 3 is 1.96 bits per heavy atom. The maximum atomic E-state index is 11.9. The predicted octanol–water partition coefficient (Wildman–Crippen LogP) is 0.395. The van der Waals surface area contributed by atoms with E-state index >= 15 is 0 Å². The fraction of sp³-hybridized carbons (Fsp3) is 0.706. The summed E-state index contributed by atoms with van der Waals surface area (Å²) < 4.78 is 0. The van der Waals surface area contributed by atoms with Gasteiger partial charge in [0.2, 0.25) is 5.91 Å². The van der Waals surface area contributed by atoms with Crippen molar-refractivity contribution in [1.82, 2.24) is 15.1 Å². The van der Waals surface area contributed by atoms with E-state index in [1.807, 2.05) is 0 Å². The van der Waals surface area contributed by atoms with E-state index in [4.69, 9.17) is 10.2 Å². The molecule has 142 valence electrons. The van der Waals surface area contributed by atoms with Gasteiger partial charge >= 0.3 is 11.9 Å². The van der Waals surface area contributed by atoms with Crippen LogP contribution in [0.3, 0.4) is 0 Å². The molecule has 0 aromatic carbocycles. The van der Waals surface area contributed by atoms with Gasteiger partial charge in [-0.05, 0) is 19.9 Å². The number of piperazine rings is 1. The number of carboxylic acids is 2. The van der Waals surface area contributed by atoms with Gasteiger partial charge in [0.25, 0.3) is 0 Å². The zero-order valence-electron chi connectivity index (χ0n) is 14.8. The molecule has 0 spiro atoms. The molecule has 2 rings (SSSR count). The molecular formula is C17H29N3O5. The van der Waals surface area contributed by atoms with Crippen molar-refractivity contribution in [3.63, 3.8) is 0 Å². The van der Waals surface area contributed by atoms with Crippen molar-refractivity contribution in [3.8, 4) is 0 Å². The molecule has 0 radical (unpaired) electrons. The summed E-state index contributed by atoms with van der Waals surface area (Å²) in [4.78, 5) is 35.6. The van der Waals surface area contributed by atoms with E-state index in [1.54, 1.807) is 0 Å². The van der Waals surface area contributed by atoms with Gasteiger partial charge in [-0.25, -0.2) is 9.59 Å². The van der Waals surface area contributed by atoms with Gasteiger partial charge < -0.3 is 20.4 Å². The molecule has 1 amide bonds. The summed E-state index contributed by atoms with van der Waals surface area (Å²) in [7, 11) is 2.14. The number of hydrogen-bond acceptors (Lipinski definition) is 5. The quantitative estimate of drug-likeness (QED) is 0.612. The van der Waals surface area contributed by atoms with Gasteiger partial charge in [0.05, 0.1) is 6.54 Å². The minimum Gasteiger partial charge on any atom is -0.478 e. The number of amides is 1. The molecule has 2 aliphatic rings. The number of likely N-dealkylation sites (N-methyl/N-ethyl adjacent to an activating group) is 1. The Hall–Kier alpha value is -1.93. The predicted molar refractivity (Wildman–Crippen MR) is 93.4 cm³/mol. The van der Waals surface area contributed by atoms with Gasteiger partial charge in [0.1, 0.15) is 0 Å². The zero-order valence-corrected chi connectivity index (χ0v) is 14.8. The third-order valence-electron chi connectivity index (χ3n) is 4.30. The van der Waals surface area contributed by atoms with Crippen LogP contribution >= 0.6 is 0 Å². The minimum absolute atomic E-state index is 0.224. The van der Waals surface area contributed by atoms with Crippen molar-refractivity contribution in [2.24, 2.45) is 0 Å². The molecule has 1 aliphatic heterocycles. The first kappa shape index (κ1) is 21.1. The van der Waals surface area contributed by atoms with Crippen LogP contribution in [0, 0.1) is 0 Å². The summed E-state index contributed by atoms with van der Waals surface area (Å²) in [6, 6.07) is 0.448. The maximum Gasteiger partial charge on any atom is 0.328 e. The third kappa shape index (κ3) is 10.5. The first-order chi connectivity index (χ1) is 11.9. The van der Waals surface area contributed by atoms with Crippen LogP contribution in [-0.4, -0.2) is 83.7 Å². The Morgan fingerprint density at radius 1 is 0.960 bits per heavy atom. The van der Waals surface area contributed by atoms with Crippen molar-refractivity contribution in [3.05, 3.63) is 12.2 Å². The molecule has 1 aliphatic carbocycles. The van der Waals surface area contributed by atoms with Gasteiger partial charge in [0, 0.05) is 44.4 Å². The summed E-state index contributed by atoms with van der Waals surface area (Å²) in [5.74, 6) is -2.29. The van der Waals surface area contributed by atoms with Crippen LogP contribution in [0.25, 0.3) is 0 Å². The Labute approximate surface area is 148 Å². The molecule has 8 nitrogen and oxygen atoms in total. The summed E-state index contributed by atoms with van der Waals surface area (Å²) in [5, 5.41) is 18.8. The van der Waals surface area contributed by atoms with E-state index < -0.39 is 11.9 Å². The number of aliphatic carboxylic acids is 2. The van der Waals surface area contributed by atoms with Crippen LogP contribution in [0.15, 0.2) is 12.2 Å². The van der Waals surface area contributed by atoms with Gasteiger partial charge in [0.15, 0.2) is 0 Å². The molecule has 2 fully saturated rings. The SMILES string of the molecule is CN1CCN(CC(=O)NC2CCCCC2)CC1.O=C(O)/C=C\C(=O)O. The second kappa shape index (κ2) is 11.6. The first-order valence-corrected chi connectivity index (χ1v) is 8.71. The molecule has 0 unspecified atom stereocenters. The monoisotopic (exact) mass is 355 g/mol. The molecule has 0 atom stereocenters. The molecule has 0 bridgehead atoms. The fourth-order valence-corrected chi connectivity index (χ4v) is 2.87. The smallest absolute Gasteiger partial charge is 0.328 e. The van der Waals surface area contributed by atoms with Crippen LogP contribution in [-0.2, 0) is 14.4 Å². The molecule has 0 aromatic rings. The van der Waals surface area contributed by atoms with E-state index in [0.717, 1.165) is 26.2 Å². The van der Waals surface area contributed by atoms with Crippen molar-refractivity contribution < 1.29 is 24.6 Å². The maximum absolute atomic E-state index is 11.9. The standard InChI is InChI=1S/C13H25N3O.C4H4O4/c1-15-7-9-16(10-8-15)11-13(17)14-12-5-3-2-4-6-12;5-3(6)1-2-4(7)8/h12H,2-11H2,1H3,(H,14,17);1-2H,(H,5,6)(H,7,8)/b;2-1-. The van der Waals surface area contributed by atoms with Crippen LogP contribution in [0.2, 0.25) is 0 Å². The van der Waals surface area contributed by atoms with Crippen LogP contribution in [0.5, 0.6) is 0 Å². The summed E-state index contributed by atoms with van der Waals surface area (Å²) in [6.07, 6.45) is 7.36. The Morgan fingerprint density at radius 2 is 1.48 bits per heavy atom. The van der Waals surface area contributed by atoms with E-state index in [9.17, 15) is 14.4 Å². The molecule has 0 aromatic heterocycles. The number of carbonyl (C=O) groups is 3. The highest BCUT2D eigenvalue weighted by molar-refractivity contribution is 5.89. The molecular weight excluding hydrogens is 326 g/mol. The van der Waals surface area contributed by atoms with E-state index in [0.29, 0.717) is 24.7 Å². The highest BCUT2D eigenvalue weighted by atomic mass is 16.4. The topological polar surface area (TPSA) is 110 Å². The van der Waals surface area contributed by atoms with Crippen LogP contribution in [0.1, 0.15) is 32.1 Å². The van der Waals surface area contributed by atoms with Gasteiger partial charge in [-0.15, -0.1) is 0 Å². The second-order valence-corrected chi connectivity index (χ2v) is 6.49.